The minimum Gasteiger partial charge on any atom is -0.497 e. The molecule has 0 aliphatic heterocycles. The molecule has 0 radical (unpaired) electrons. The summed E-state index contributed by atoms with van der Waals surface area (Å²) in [6, 6.07) is 12.1. The summed E-state index contributed by atoms with van der Waals surface area (Å²) < 4.78 is 31.3. The Hall–Kier alpha value is -3.55. The second kappa shape index (κ2) is 8.22. The number of aromatic nitrogens is 2. The van der Waals surface area contributed by atoms with E-state index in [-0.39, 0.29) is 17.4 Å². The van der Waals surface area contributed by atoms with Crippen molar-refractivity contribution < 1.29 is 18.3 Å². The Balaban J connectivity index is 1.64. The number of nitrogens with zero attached hydrogens (tertiary/aromatic N) is 2. The van der Waals surface area contributed by atoms with Gasteiger partial charge in [0.15, 0.2) is 11.6 Å². The number of rotatable bonds is 6. The maximum absolute atomic E-state index is 13.3. The van der Waals surface area contributed by atoms with E-state index in [2.05, 4.69) is 20.6 Å². The molecule has 0 fully saturated rings. The van der Waals surface area contributed by atoms with E-state index in [1.165, 1.54) is 18.5 Å². The average Bonchev–Trinajstić information content (AvgIpc) is 2.69. The minimum atomic E-state index is -0.980. The average molecular weight is 370 g/mol. The van der Waals surface area contributed by atoms with Crippen LogP contribution in [0.15, 0.2) is 54.9 Å². The van der Waals surface area contributed by atoms with Gasteiger partial charge >= 0.3 is 0 Å². The van der Waals surface area contributed by atoms with Gasteiger partial charge < -0.3 is 15.4 Å². The number of carbonyl (C=O) groups is 1. The standard InChI is InChI=1S/C19H16F2N4O2/c1-27-14-5-2-12(3-6-14)10-22-19(26)17-9-18(24-11-23-17)25-13-4-7-15(20)16(21)8-13/h2-9,11H,10H2,1H3,(H,22,26)(H,23,24,25). The molecule has 0 saturated carbocycles. The zero-order valence-corrected chi connectivity index (χ0v) is 14.4. The number of hydrogen-bond acceptors (Lipinski definition) is 5. The maximum atomic E-state index is 13.3. The number of carbonyl (C=O) groups excluding carboxylic acids is 1. The number of hydrogen-bond donors (Lipinski definition) is 2. The number of benzene rings is 2. The number of nitrogens with one attached hydrogen (secondary N) is 2. The van der Waals surface area contributed by atoms with Crippen LogP contribution in [0.5, 0.6) is 5.75 Å². The lowest BCUT2D eigenvalue weighted by Gasteiger charge is -2.08. The first-order valence-electron chi connectivity index (χ1n) is 8.00. The zero-order valence-electron chi connectivity index (χ0n) is 14.4. The Kier molecular flexibility index (Phi) is 5.55. The fourth-order valence-corrected chi connectivity index (χ4v) is 2.29. The molecule has 2 N–H and O–H groups in total. The van der Waals surface area contributed by atoms with Crippen LogP contribution in [0.3, 0.4) is 0 Å². The summed E-state index contributed by atoms with van der Waals surface area (Å²) >= 11 is 0. The molecule has 138 valence electrons. The highest BCUT2D eigenvalue weighted by molar-refractivity contribution is 5.92. The third-order valence-electron chi connectivity index (χ3n) is 3.70. The Morgan fingerprint density at radius 3 is 2.52 bits per heavy atom. The normalized spacial score (nSPS) is 10.3. The molecule has 3 rings (SSSR count). The van der Waals surface area contributed by atoms with E-state index in [1.54, 1.807) is 19.2 Å². The van der Waals surface area contributed by atoms with Crippen molar-refractivity contribution in [3.63, 3.8) is 0 Å². The van der Waals surface area contributed by atoms with Gasteiger partial charge in [-0.1, -0.05) is 12.1 Å². The van der Waals surface area contributed by atoms with Gasteiger partial charge in [0.25, 0.3) is 5.91 Å². The number of halogens is 2. The van der Waals surface area contributed by atoms with Gasteiger partial charge in [0, 0.05) is 24.4 Å². The Morgan fingerprint density at radius 1 is 1.04 bits per heavy atom. The maximum Gasteiger partial charge on any atom is 0.270 e. The lowest BCUT2D eigenvalue weighted by atomic mass is 10.2. The fourth-order valence-electron chi connectivity index (χ4n) is 2.29. The van der Waals surface area contributed by atoms with Gasteiger partial charge in [-0.25, -0.2) is 18.7 Å². The minimum absolute atomic E-state index is 0.142. The molecule has 6 nitrogen and oxygen atoms in total. The molecule has 1 heterocycles. The summed E-state index contributed by atoms with van der Waals surface area (Å²) in [7, 11) is 1.58. The predicted octanol–water partition coefficient (Wildman–Crippen LogP) is 3.44. The van der Waals surface area contributed by atoms with Crippen LogP contribution in [-0.2, 0) is 6.54 Å². The van der Waals surface area contributed by atoms with Crippen LogP contribution >= 0.6 is 0 Å². The molecule has 3 aromatic rings. The van der Waals surface area contributed by atoms with Crippen molar-refractivity contribution in [3.05, 3.63) is 77.8 Å². The Morgan fingerprint density at radius 2 is 1.81 bits per heavy atom. The van der Waals surface area contributed by atoms with E-state index in [0.29, 0.717) is 12.2 Å². The molecule has 0 bridgehead atoms. The molecule has 1 amide bonds. The molecule has 1 aromatic heterocycles. The smallest absolute Gasteiger partial charge is 0.270 e. The van der Waals surface area contributed by atoms with Crippen LogP contribution < -0.4 is 15.4 Å². The van der Waals surface area contributed by atoms with Gasteiger partial charge in [0.2, 0.25) is 0 Å². The summed E-state index contributed by atoms with van der Waals surface area (Å²) in [6.45, 7) is 0.318. The van der Waals surface area contributed by atoms with Crippen molar-refractivity contribution in [3.8, 4) is 5.75 Å². The highest BCUT2D eigenvalue weighted by Gasteiger charge is 2.10. The van der Waals surface area contributed by atoms with Crippen molar-refractivity contribution in [2.45, 2.75) is 6.54 Å². The molecule has 0 atom stereocenters. The zero-order chi connectivity index (χ0) is 19.2. The summed E-state index contributed by atoms with van der Waals surface area (Å²) in [5, 5.41) is 5.55. The first-order valence-corrected chi connectivity index (χ1v) is 8.00. The van der Waals surface area contributed by atoms with Crippen LogP contribution in [0.4, 0.5) is 20.3 Å². The first kappa shape index (κ1) is 18.2. The van der Waals surface area contributed by atoms with Gasteiger partial charge in [-0.2, -0.15) is 0 Å². The van der Waals surface area contributed by atoms with Crippen molar-refractivity contribution >= 4 is 17.4 Å². The van der Waals surface area contributed by atoms with Crippen LogP contribution in [-0.4, -0.2) is 23.0 Å². The molecular formula is C19H16F2N4O2. The molecule has 0 aliphatic carbocycles. The Labute approximate surface area is 154 Å². The predicted molar refractivity (Wildman–Crippen MR) is 95.8 cm³/mol. The van der Waals surface area contributed by atoms with Gasteiger partial charge in [-0.05, 0) is 29.8 Å². The number of ether oxygens (including phenoxy) is 1. The molecule has 0 saturated heterocycles. The van der Waals surface area contributed by atoms with Crippen molar-refractivity contribution in [1.82, 2.24) is 15.3 Å². The van der Waals surface area contributed by atoms with Crippen molar-refractivity contribution in [2.24, 2.45) is 0 Å². The van der Waals surface area contributed by atoms with Crippen LogP contribution in [0, 0.1) is 11.6 Å². The summed E-state index contributed by atoms with van der Waals surface area (Å²) in [6.07, 6.45) is 1.21. The second-order valence-corrected chi connectivity index (χ2v) is 5.57. The second-order valence-electron chi connectivity index (χ2n) is 5.57. The number of anilines is 2. The quantitative estimate of drug-likeness (QED) is 0.695. The molecule has 0 spiro atoms. The molecular weight excluding hydrogens is 354 g/mol. The highest BCUT2D eigenvalue weighted by Crippen LogP contribution is 2.18. The SMILES string of the molecule is COc1ccc(CNC(=O)c2cc(Nc3ccc(F)c(F)c3)ncn2)cc1. The van der Waals surface area contributed by atoms with E-state index in [0.717, 1.165) is 23.4 Å². The van der Waals surface area contributed by atoms with E-state index in [4.69, 9.17) is 4.74 Å². The highest BCUT2D eigenvalue weighted by atomic mass is 19.2. The van der Waals surface area contributed by atoms with Gasteiger partial charge in [-0.15, -0.1) is 0 Å². The van der Waals surface area contributed by atoms with Crippen molar-refractivity contribution in [2.75, 3.05) is 12.4 Å². The summed E-state index contributed by atoms with van der Waals surface area (Å²) in [5.74, 6) is -1.30. The van der Waals surface area contributed by atoms with Crippen LogP contribution in [0.25, 0.3) is 0 Å². The van der Waals surface area contributed by atoms with Gasteiger partial charge in [-0.3, -0.25) is 4.79 Å². The molecule has 0 unspecified atom stereocenters. The van der Waals surface area contributed by atoms with E-state index < -0.39 is 11.6 Å². The first-order chi connectivity index (χ1) is 13.0. The molecule has 0 aliphatic rings. The molecule has 27 heavy (non-hydrogen) atoms. The van der Waals surface area contributed by atoms with E-state index >= 15 is 0 Å². The van der Waals surface area contributed by atoms with Crippen molar-refractivity contribution in [1.29, 1.82) is 0 Å². The fraction of sp³-hybridized carbons (Fsp3) is 0.105. The van der Waals surface area contributed by atoms with Gasteiger partial charge in [0.05, 0.1) is 7.11 Å². The molecule has 8 heteroatoms. The van der Waals surface area contributed by atoms with E-state index in [9.17, 15) is 13.6 Å². The van der Waals surface area contributed by atoms with Gasteiger partial charge in [0.1, 0.15) is 23.6 Å². The third kappa shape index (κ3) is 4.75. The van der Waals surface area contributed by atoms with Crippen LogP contribution in [0.2, 0.25) is 0 Å². The Bertz CT molecular complexity index is 949. The molecule has 2 aromatic carbocycles. The largest absolute Gasteiger partial charge is 0.497 e. The number of methoxy groups -OCH3 is 1. The number of amides is 1. The lowest BCUT2D eigenvalue weighted by molar-refractivity contribution is 0.0946. The summed E-state index contributed by atoms with van der Waals surface area (Å²) in [5.41, 5.74) is 1.35. The summed E-state index contributed by atoms with van der Waals surface area (Å²) in [4.78, 5) is 20.2. The monoisotopic (exact) mass is 370 g/mol. The lowest BCUT2D eigenvalue weighted by Crippen LogP contribution is -2.24. The van der Waals surface area contributed by atoms with Crippen LogP contribution in [0.1, 0.15) is 16.1 Å². The topological polar surface area (TPSA) is 76.1 Å². The third-order valence-corrected chi connectivity index (χ3v) is 3.70. The van der Waals surface area contributed by atoms with E-state index in [1.807, 2.05) is 12.1 Å².